The molecule has 158 valence electrons. The van der Waals surface area contributed by atoms with Crippen molar-refractivity contribution >= 4 is 29.1 Å². The number of para-hydroxylation sites is 1. The normalized spacial score (nSPS) is 10.3. The molecule has 0 aromatic heterocycles. The Labute approximate surface area is 175 Å². The Morgan fingerprint density at radius 3 is 2.10 bits per heavy atom. The van der Waals surface area contributed by atoms with Gasteiger partial charge >= 0.3 is 0 Å². The third kappa shape index (κ3) is 5.27. The van der Waals surface area contributed by atoms with Crippen molar-refractivity contribution < 1.29 is 27.6 Å². The van der Waals surface area contributed by atoms with Crippen LogP contribution in [0.2, 0.25) is 0 Å². The highest BCUT2D eigenvalue weighted by molar-refractivity contribution is 6.09. The zero-order valence-electron chi connectivity index (χ0n) is 15.9. The molecule has 0 unspecified atom stereocenters. The number of anilines is 2. The molecule has 0 bridgehead atoms. The minimum absolute atomic E-state index is 0.0959. The summed E-state index contributed by atoms with van der Waals surface area (Å²) in [6, 6.07) is 16.1. The second-order valence-corrected chi connectivity index (χ2v) is 6.32. The third-order valence-electron chi connectivity index (χ3n) is 4.17. The lowest BCUT2D eigenvalue weighted by Crippen LogP contribution is -2.33. The molecule has 3 amide bonds. The molecule has 0 heterocycles. The summed E-state index contributed by atoms with van der Waals surface area (Å²) in [7, 11) is 0. The Hall–Kier alpha value is -4.14. The quantitative estimate of drug-likeness (QED) is 0.524. The number of amides is 3. The maximum atomic E-state index is 13.6. The molecule has 0 fully saturated rings. The standard InChI is InChI=1S/C22H16F3N3O3/c23-15-10-11-17(20(25)19(15)24)27-18(29)12-26-22(31)14-8-4-5-9-16(14)28-21(30)13-6-2-1-3-7-13/h1-11H,12H2,(H,26,31)(H,27,29)(H,28,30). The Morgan fingerprint density at radius 2 is 1.35 bits per heavy atom. The summed E-state index contributed by atoms with van der Waals surface area (Å²) in [5.74, 6) is -6.61. The van der Waals surface area contributed by atoms with Gasteiger partial charge in [0, 0.05) is 5.56 Å². The van der Waals surface area contributed by atoms with Crippen LogP contribution in [0.4, 0.5) is 24.5 Å². The van der Waals surface area contributed by atoms with Crippen molar-refractivity contribution in [3.63, 3.8) is 0 Å². The molecule has 6 nitrogen and oxygen atoms in total. The molecular weight excluding hydrogens is 411 g/mol. The van der Waals surface area contributed by atoms with Gasteiger partial charge in [0.1, 0.15) is 0 Å². The average molecular weight is 427 g/mol. The van der Waals surface area contributed by atoms with Crippen molar-refractivity contribution in [2.24, 2.45) is 0 Å². The van der Waals surface area contributed by atoms with E-state index in [2.05, 4.69) is 10.6 Å². The van der Waals surface area contributed by atoms with Gasteiger partial charge in [-0.2, -0.15) is 0 Å². The highest BCUT2D eigenvalue weighted by Crippen LogP contribution is 2.19. The fourth-order valence-electron chi connectivity index (χ4n) is 2.65. The Morgan fingerprint density at radius 1 is 0.677 bits per heavy atom. The lowest BCUT2D eigenvalue weighted by molar-refractivity contribution is -0.115. The Bertz CT molecular complexity index is 1140. The van der Waals surface area contributed by atoms with Gasteiger partial charge in [0.15, 0.2) is 17.5 Å². The van der Waals surface area contributed by atoms with E-state index in [1.165, 1.54) is 12.1 Å². The fourth-order valence-corrected chi connectivity index (χ4v) is 2.65. The van der Waals surface area contributed by atoms with Crippen molar-refractivity contribution in [3.8, 4) is 0 Å². The molecule has 3 aromatic rings. The van der Waals surface area contributed by atoms with Crippen LogP contribution in [0.5, 0.6) is 0 Å². The average Bonchev–Trinajstić information content (AvgIpc) is 2.79. The van der Waals surface area contributed by atoms with E-state index in [-0.39, 0.29) is 11.3 Å². The van der Waals surface area contributed by atoms with E-state index >= 15 is 0 Å². The van der Waals surface area contributed by atoms with Gasteiger partial charge in [0.25, 0.3) is 11.8 Å². The van der Waals surface area contributed by atoms with Crippen LogP contribution in [0.1, 0.15) is 20.7 Å². The fraction of sp³-hybridized carbons (Fsp3) is 0.0455. The third-order valence-corrected chi connectivity index (χ3v) is 4.17. The molecule has 0 saturated carbocycles. The monoisotopic (exact) mass is 427 g/mol. The number of benzene rings is 3. The van der Waals surface area contributed by atoms with Crippen molar-refractivity contribution in [2.75, 3.05) is 17.2 Å². The summed E-state index contributed by atoms with van der Waals surface area (Å²) in [5, 5.41) is 7.00. The number of rotatable bonds is 6. The summed E-state index contributed by atoms with van der Waals surface area (Å²) in [5.41, 5.74) is 0.152. The lowest BCUT2D eigenvalue weighted by atomic mass is 10.1. The first kappa shape index (κ1) is 21.6. The minimum Gasteiger partial charge on any atom is -0.343 e. The Kier molecular flexibility index (Phi) is 6.66. The largest absolute Gasteiger partial charge is 0.343 e. The van der Waals surface area contributed by atoms with Crippen LogP contribution in [-0.4, -0.2) is 24.3 Å². The van der Waals surface area contributed by atoms with Crippen LogP contribution in [-0.2, 0) is 4.79 Å². The van der Waals surface area contributed by atoms with Crippen LogP contribution in [0, 0.1) is 17.5 Å². The predicted molar refractivity (Wildman–Crippen MR) is 108 cm³/mol. The van der Waals surface area contributed by atoms with E-state index in [1.807, 2.05) is 5.32 Å². The van der Waals surface area contributed by atoms with Crippen molar-refractivity contribution in [1.82, 2.24) is 5.32 Å². The molecule has 3 N–H and O–H groups in total. The molecule has 31 heavy (non-hydrogen) atoms. The predicted octanol–water partition coefficient (Wildman–Crippen LogP) is 3.72. The van der Waals surface area contributed by atoms with Crippen LogP contribution >= 0.6 is 0 Å². The van der Waals surface area contributed by atoms with Crippen LogP contribution in [0.3, 0.4) is 0 Å². The summed E-state index contributed by atoms with van der Waals surface area (Å²) >= 11 is 0. The molecule has 0 aliphatic carbocycles. The van der Waals surface area contributed by atoms with Gasteiger partial charge in [-0.25, -0.2) is 13.2 Å². The number of hydrogen-bond donors (Lipinski definition) is 3. The SMILES string of the molecule is O=C(CNC(=O)c1ccccc1NC(=O)c1ccccc1)Nc1ccc(F)c(F)c1F. The molecule has 0 radical (unpaired) electrons. The number of carbonyl (C=O) groups excluding carboxylic acids is 3. The zero-order chi connectivity index (χ0) is 22.4. The van der Waals surface area contributed by atoms with E-state index in [4.69, 9.17) is 0 Å². The minimum atomic E-state index is -1.72. The van der Waals surface area contributed by atoms with Gasteiger partial charge in [0.05, 0.1) is 23.5 Å². The van der Waals surface area contributed by atoms with Gasteiger partial charge in [-0.05, 0) is 36.4 Å². The van der Waals surface area contributed by atoms with Crippen molar-refractivity contribution in [1.29, 1.82) is 0 Å². The Balaban J connectivity index is 1.64. The van der Waals surface area contributed by atoms with Crippen LogP contribution < -0.4 is 16.0 Å². The number of halogens is 3. The van der Waals surface area contributed by atoms with Crippen molar-refractivity contribution in [2.45, 2.75) is 0 Å². The maximum Gasteiger partial charge on any atom is 0.255 e. The second-order valence-electron chi connectivity index (χ2n) is 6.32. The van der Waals surface area contributed by atoms with Gasteiger partial charge < -0.3 is 16.0 Å². The molecule has 0 spiro atoms. The molecule has 9 heteroatoms. The first-order valence-electron chi connectivity index (χ1n) is 9.04. The van der Waals surface area contributed by atoms with E-state index in [0.717, 1.165) is 6.07 Å². The lowest BCUT2D eigenvalue weighted by Gasteiger charge is -2.12. The molecule has 3 aromatic carbocycles. The van der Waals surface area contributed by atoms with Gasteiger partial charge in [-0.1, -0.05) is 30.3 Å². The summed E-state index contributed by atoms with van der Waals surface area (Å²) in [6.07, 6.45) is 0. The number of hydrogen-bond acceptors (Lipinski definition) is 3. The van der Waals surface area contributed by atoms with Gasteiger partial charge in [-0.15, -0.1) is 0 Å². The first-order chi connectivity index (χ1) is 14.9. The molecule has 0 aliphatic rings. The highest BCUT2D eigenvalue weighted by Gasteiger charge is 2.17. The highest BCUT2D eigenvalue weighted by atomic mass is 19.2. The maximum absolute atomic E-state index is 13.6. The van der Waals surface area contributed by atoms with E-state index in [0.29, 0.717) is 11.6 Å². The van der Waals surface area contributed by atoms with E-state index in [9.17, 15) is 27.6 Å². The van der Waals surface area contributed by atoms with Crippen molar-refractivity contribution in [3.05, 3.63) is 95.3 Å². The number of nitrogens with one attached hydrogen (secondary N) is 3. The van der Waals surface area contributed by atoms with Crippen LogP contribution in [0.15, 0.2) is 66.7 Å². The molecule has 0 saturated heterocycles. The zero-order valence-corrected chi connectivity index (χ0v) is 15.9. The molecule has 0 aliphatic heterocycles. The topological polar surface area (TPSA) is 87.3 Å². The van der Waals surface area contributed by atoms with Gasteiger partial charge in [0.2, 0.25) is 5.91 Å². The summed E-state index contributed by atoms with van der Waals surface area (Å²) < 4.78 is 39.8. The summed E-state index contributed by atoms with van der Waals surface area (Å²) in [6.45, 7) is -0.571. The molecular formula is C22H16F3N3O3. The summed E-state index contributed by atoms with van der Waals surface area (Å²) in [4.78, 5) is 36.8. The number of carbonyl (C=O) groups is 3. The van der Waals surface area contributed by atoms with E-state index in [1.54, 1.807) is 42.5 Å². The first-order valence-corrected chi connectivity index (χ1v) is 9.04. The second kappa shape index (κ2) is 9.57. The smallest absolute Gasteiger partial charge is 0.255 e. The molecule has 3 rings (SSSR count). The van der Waals surface area contributed by atoms with Gasteiger partial charge in [-0.3, -0.25) is 14.4 Å². The van der Waals surface area contributed by atoms with E-state index < -0.39 is 47.4 Å². The molecule has 0 atom stereocenters. The van der Waals surface area contributed by atoms with Crippen LogP contribution in [0.25, 0.3) is 0 Å².